The Morgan fingerprint density at radius 2 is 2.42 bits per heavy atom. The molecule has 68 valence electrons. The van der Waals surface area contributed by atoms with Gasteiger partial charge in [-0.25, -0.2) is 0 Å². The normalized spacial score (nSPS) is 35.2. The second-order valence-corrected chi connectivity index (χ2v) is 3.64. The summed E-state index contributed by atoms with van der Waals surface area (Å²) in [6, 6.07) is 0.759. The molecule has 1 amide bonds. The van der Waals surface area contributed by atoms with Crippen molar-refractivity contribution in [2.24, 2.45) is 5.73 Å². The van der Waals surface area contributed by atoms with E-state index in [1.165, 1.54) is 0 Å². The van der Waals surface area contributed by atoms with E-state index < -0.39 is 0 Å². The molecular weight excluding hydrogens is 154 g/mol. The number of piperazine rings is 1. The lowest BCUT2D eigenvalue weighted by Gasteiger charge is -2.53. The molecule has 0 radical (unpaired) electrons. The number of amides is 1. The molecule has 3 heterocycles. The average Bonchev–Trinajstić information content (AvgIpc) is 2.07. The summed E-state index contributed by atoms with van der Waals surface area (Å²) in [5, 5.41) is 0. The summed E-state index contributed by atoms with van der Waals surface area (Å²) < 4.78 is 0. The van der Waals surface area contributed by atoms with E-state index in [0.717, 1.165) is 19.5 Å². The lowest BCUT2D eigenvalue weighted by molar-refractivity contribution is -0.156. The van der Waals surface area contributed by atoms with Crippen molar-refractivity contribution < 1.29 is 4.79 Å². The van der Waals surface area contributed by atoms with Crippen LogP contribution in [0.5, 0.6) is 0 Å². The zero-order valence-electron chi connectivity index (χ0n) is 7.36. The number of hydrogen-bond acceptors (Lipinski definition) is 3. The first-order valence-corrected chi connectivity index (χ1v) is 4.45. The van der Waals surface area contributed by atoms with Crippen LogP contribution in [0.1, 0.15) is 6.42 Å². The minimum Gasteiger partial charge on any atom is -0.339 e. The Balaban J connectivity index is 2.00. The zero-order valence-corrected chi connectivity index (χ0v) is 7.36. The molecule has 0 saturated carbocycles. The Hall–Kier alpha value is -0.610. The molecular formula is C8H15N3O. The van der Waals surface area contributed by atoms with Crippen molar-refractivity contribution in [2.45, 2.75) is 18.5 Å². The van der Waals surface area contributed by atoms with Gasteiger partial charge < -0.3 is 10.6 Å². The van der Waals surface area contributed by atoms with Crippen molar-refractivity contribution in [3.63, 3.8) is 0 Å². The molecule has 0 aromatic rings. The molecule has 0 aromatic carbocycles. The molecule has 2 atom stereocenters. The lowest BCUT2D eigenvalue weighted by Crippen LogP contribution is -2.70. The maximum atomic E-state index is 11.6. The molecule has 0 spiro atoms. The van der Waals surface area contributed by atoms with E-state index in [9.17, 15) is 4.79 Å². The van der Waals surface area contributed by atoms with Crippen LogP contribution in [0, 0.1) is 0 Å². The molecule has 3 aliphatic rings. The zero-order chi connectivity index (χ0) is 8.72. The van der Waals surface area contributed by atoms with Crippen LogP contribution < -0.4 is 5.73 Å². The Morgan fingerprint density at radius 1 is 1.67 bits per heavy atom. The topological polar surface area (TPSA) is 49.6 Å². The predicted molar refractivity (Wildman–Crippen MR) is 45.6 cm³/mol. The van der Waals surface area contributed by atoms with Gasteiger partial charge in [-0.05, 0) is 13.5 Å². The molecule has 2 bridgehead atoms. The summed E-state index contributed by atoms with van der Waals surface area (Å²) in [4.78, 5) is 15.6. The van der Waals surface area contributed by atoms with Gasteiger partial charge in [0, 0.05) is 25.7 Å². The molecule has 0 aromatic heterocycles. The number of carbonyl (C=O) groups excluding carboxylic acids is 1. The summed E-state index contributed by atoms with van der Waals surface area (Å²) in [5.41, 5.74) is 5.41. The summed E-state index contributed by atoms with van der Waals surface area (Å²) in [6.07, 6.45) is 1.05. The molecule has 3 aliphatic heterocycles. The van der Waals surface area contributed by atoms with Gasteiger partial charge >= 0.3 is 0 Å². The molecule has 3 fully saturated rings. The summed E-state index contributed by atoms with van der Waals surface area (Å²) in [6.45, 7) is 2.18. The van der Waals surface area contributed by atoms with Crippen LogP contribution in [0.15, 0.2) is 0 Å². The summed E-state index contributed by atoms with van der Waals surface area (Å²) in [5.74, 6) is 0.269. The number of fused-ring (bicyclic) bond motifs is 2. The van der Waals surface area contributed by atoms with Gasteiger partial charge in [-0.2, -0.15) is 0 Å². The van der Waals surface area contributed by atoms with Crippen LogP contribution in [0.2, 0.25) is 0 Å². The van der Waals surface area contributed by atoms with Gasteiger partial charge in [0.1, 0.15) is 0 Å². The number of piperidine rings is 1. The standard InChI is InChI=1S/C8H15N3O/c1-10-6-4-7(10)8(12)11(5-6)3-2-9/h6-7H,2-5,9H2,1H3. The molecule has 3 saturated heterocycles. The van der Waals surface area contributed by atoms with E-state index in [2.05, 4.69) is 4.90 Å². The monoisotopic (exact) mass is 169 g/mol. The summed E-state index contributed by atoms with van der Waals surface area (Å²) in [7, 11) is 2.02. The first-order chi connectivity index (χ1) is 5.74. The van der Waals surface area contributed by atoms with Gasteiger partial charge in [0.2, 0.25) is 5.91 Å². The van der Waals surface area contributed by atoms with E-state index in [4.69, 9.17) is 5.73 Å². The Morgan fingerprint density at radius 3 is 2.92 bits per heavy atom. The maximum Gasteiger partial charge on any atom is 0.240 e. The van der Waals surface area contributed by atoms with Crippen molar-refractivity contribution >= 4 is 5.91 Å². The van der Waals surface area contributed by atoms with Gasteiger partial charge in [0.25, 0.3) is 0 Å². The number of hydrogen-bond donors (Lipinski definition) is 1. The molecule has 12 heavy (non-hydrogen) atoms. The lowest BCUT2D eigenvalue weighted by atomic mass is 9.88. The SMILES string of the molecule is CN1C2CC1C(=O)N(CCN)C2. The van der Waals surface area contributed by atoms with E-state index in [0.29, 0.717) is 12.6 Å². The van der Waals surface area contributed by atoms with Crippen LogP contribution in [0.4, 0.5) is 0 Å². The fourth-order valence-electron chi connectivity index (χ4n) is 2.10. The predicted octanol–water partition coefficient (Wildman–Crippen LogP) is -1.14. The van der Waals surface area contributed by atoms with Crippen molar-refractivity contribution in [3.05, 3.63) is 0 Å². The highest BCUT2D eigenvalue weighted by molar-refractivity contribution is 5.84. The third kappa shape index (κ3) is 0.949. The number of carbonyl (C=O) groups is 1. The van der Waals surface area contributed by atoms with Crippen molar-refractivity contribution in [1.29, 1.82) is 0 Å². The molecule has 4 heteroatoms. The smallest absolute Gasteiger partial charge is 0.240 e. The van der Waals surface area contributed by atoms with Crippen LogP contribution in [0.25, 0.3) is 0 Å². The molecule has 2 N–H and O–H groups in total. The third-order valence-corrected chi connectivity index (χ3v) is 2.99. The van der Waals surface area contributed by atoms with Gasteiger partial charge in [0.05, 0.1) is 6.04 Å². The Labute approximate surface area is 72.3 Å². The van der Waals surface area contributed by atoms with Crippen LogP contribution in [0.3, 0.4) is 0 Å². The van der Waals surface area contributed by atoms with Gasteiger partial charge in [-0.3, -0.25) is 9.69 Å². The summed E-state index contributed by atoms with van der Waals surface area (Å²) >= 11 is 0. The molecule has 0 aliphatic carbocycles. The molecule has 2 unspecified atom stereocenters. The number of nitrogens with two attached hydrogens (primary N) is 1. The van der Waals surface area contributed by atoms with E-state index in [1.807, 2.05) is 11.9 Å². The highest BCUT2D eigenvalue weighted by Crippen LogP contribution is 2.30. The first kappa shape index (κ1) is 8.01. The highest BCUT2D eigenvalue weighted by Gasteiger charge is 2.47. The third-order valence-electron chi connectivity index (χ3n) is 2.99. The molecule has 3 rings (SSSR count). The van der Waals surface area contributed by atoms with Crippen molar-refractivity contribution in [2.75, 3.05) is 26.7 Å². The Kier molecular flexibility index (Phi) is 1.81. The van der Waals surface area contributed by atoms with Gasteiger partial charge in [0.15, 0.2) is 0 Å². The molecule has 4 nitrogen and oxygen atoms in total. The number of likely N-dealkylation sites (N-methyl/N-ethyl adjacent to an activating group) is 1. The second-order valence-electron chi connectivity index (χ2n) is 3.64. The fraction of sp³-hybridized carbons (Fsp3) is 0.875. The maximum absolute atomic E-state index is 11.6. The minimum atomic E-state index is 0.162. The van der Waals surface area contributed by atoms with Crippen LogP contribution in [-0.2, 0) is 4.79 Å². The minimum absolute atomic E-state index is 0.162. The van der Waals surface area contributed by atoms with Gasteiger partial charge in [-0.15, -0.1) is 0 Å². The number of nitrogens with zero attached hydrogens (tertiary/aromatic N) is 2. The largest absolute Gasteiger partial charge is 0.339 e. The number of rotatable bonds is 2. The van der Waals surface area contributed by atoms with Crippen molar-refractivity contribution in [1.82, 2.24) is 9.80 Å². The highest BCUT2D eigenvalue weighted by atomic mass is 16.2. The van der Waals surface area contributed by atoms with Gasteiger partial charge in [-0.1, -0.05) is 0 Å². The van der Waals surface area contributed by atoms with Crippen LogP contribution >= 0.6 is 0 Å². The van der Waals surface area contributed by atoms with Crippen LogP contribution in [-0.4, -0.2) is 54.5 Å². The van der Waals surface area contributed by atoms with E-state index in [1.54, 1.807) is 0 Å². The Bertz CT molecular complexity index is 206. The fourth-order valence-corrected chi connectivity index (χ4v) is 2.10. The van der Waals surface area contributed by atoms with Crippen molar-refractivity contribution in [3.8, 4) is 0 Å². The quantitative estimate of drug-likeness (QED) is 0.568. The van der Waals surface area contributed by atoms with E-state index >= 15 is 0 Å². The second kappa shape index (κ2) is 2.71. The first-order valence-electron chi connectivity index (χ1n) is 4.45. The van der Waals surface area contributed by atoms with E-state index in [-0.39, 0.29) is 11.9 Å². The average molecular weight is 169 g/mol.